The molecule has 21 heavy (non-hydrogen) atoms. The second-order valence-electron chi connectivity index (χ2n) is 5.16. The summed E-state index contributed by atoms with van der Waals surface area (Å²) in [5.41, 5.74) is 1.75. The van der Waals surface area contributed by atoms with Gasteiger partial charge in [-0.15, -0.1) is 0 Å². The van der Waals surface area contributed by atoms with E-state index in [0.29, 0.717) is 31.1 Å². The minimum absolute atomic E-state index is 0.0245. The lowest BCUT2D eigenvalue weighted by Gasteiger charge is -2.30. The molecule has 5 nitrogen and oxygen atoms in total. The summed E-state index contributed by atoms with van der Waals surface area (Å²) in [6.45, 7) is 3.59. The first kappa shape index (κ1) is 16.0. The highest BCUT2D eigenvalue weighted by molar-refractivity contribution is 7.90. The third kappa shape index (κ3) is 3.83. The van der Waals surface area contributed by atoms with Gasteiger partial charge in [-0.25, -0.2) is 8.42 Å². The van der Waals surface area contributed by atoms with Crippen molar-refractivity contribution in [1.29, 1.82) is 0 Å². The Kier molecular flexibility index (Phi) is 5.00. The minimum atomic E-state index is -3.22. The van der Waals surface area contributed by atoms with Crippen molar-refractivity contribution in [3.05, 3.63) is 23.8 Å². The molecule has 1 heterocycles. The number of fused-ring (bicyclic) bond motifs is 1. The molecule has 1 aromatic rings. The maximum atomic E-state index is 12.2. The Hall–Kier alpha value is -1.40. The fourth-order valence-electron chi connectivity index (χ4n) is 2.50. The normalized spacial score (nSPS) is 14.9. The van der Waals surface area contributed by atoms with E-state index in [9.17, 15) is 13.2 Å². The molecule has 1 amide bonds. The molecular weight excluding hydrogens is 290 g/mol. The molecule has 1 aliphatic heterocycles. The van der Waals surface area contributed by atoms with Gasteiger partial charge in [0.15, 0.2) is 9.84 Å². The zero-order valence-corrected chi connectivity index (χ0v) is 13.3. The van der Waals surface area contributed by atoms with Crippen LogP contribution in [0.1, 0.15) is 25.3 Å². The number of carbonyl (C=O) groups is 1. The van der Waals surface area contributed by atoms with Gasteiger partial charge in [0, 0.05) is 25.1 Å². The van der Waals surface area contributed by atoms with Gasteiger partial charge < -0.3 is 9.64 Å². The van der Waals surface area contributed by atoms with E-state index in [4.69, 9.17) is 4.74 Å². The Morgan fingerprint density at radius 2 is 2.14 bits per heavy atom. The number of amides is 1. The van der Waals surface area contributed by atoms with Crippen LogP contribution in [0.3, 0.4) is 0 Å². The third-order valence-corrected chi connectivity index (χ3v) is 4.67. The fraction of sp³-hybridized carbons (Fsp3) is 0.533. The van der Waals surface area contributed by atoms with Crippen molar-refractivity contribution in [3.63, 3.8) is 0 Å². The first-order valence-corrected chi connectivity index (χ1v) is 9.03. The Balaban J connectivity index is 2.22. The number of hydrogen-bond acceptors (Lipinski definition) is 4. The summed E-state index contributed by atoms with van der Waals surface area (Å²) in [5, 5.41) is 0. The van der Waals surface area contributed by atoms with Crippen LogP contribution in [0.4, 0.5) is 5.69 Å². The van der Waals surface area contributed by atoms with E-state index < -0.39 is 9.84 Å². The van der Waals surface area contributed by atoms with Crippen molar-refractivity contribution in [3.8, 4) is 0 Å². The first-order valence-electron chi connectivity index (χ1n) is 7.14. The Morgan fingerprint density at radius 1 is 1.38 bits per heavy atom. The van der Waals surface area contributed by atoms with Crippen LogP contribution >= 0.6 is 0 Å². The Bertz CT molecular complexity index is 625. The lowest BCUT2D eigenvalue weighted by Crippen LogP contribution is -2.36. The number of sulfone groups is 1. The molecule has 2 rings (SSSR count). The van der Waals surface area contributed by atoms with Crippen LogP contribution in [0.25, 0.3) is 0 Å². The van der Waals surface area contributed by atoms with Crippen LogP contribution in [0.15, 0.2) is 23.1 Å². The van der Waals surface area contributed by atoms with Gasteiger partial charge in [-0.05, 0) is 43.5 Å². The number of benzene rings is 1. The lowest BCUT2D eigenvalue weighted by atomic mass is 10.0. The van der Waals surface area contributed by atoms with Crippen molar-refractivity contribution >= 4 is 21.4 Å². The Morgan fingerprint density at radius 3 is 2.81 bits per heavy atom. The molecule has 116 valence electrons. The molecule has 0 saturated carbocycles. The molecule has 0 bridgehead atoms. The van der Waals surface area contributed by atoms with E-state index in [1.807, 2.05) is 6.92 Å². The number of nitrogens with zero attached hydrogens (tertiary/aromatic N) is 1. The molecule has 0 aliphatic carbocycles. The Labute approximate surface area is 125 Å². The molecular formula is C15H21NO4S. The molecule has 0 spiro atoms. The highest BCUT2D eigenvalue weighted by Gasteiger charge is 2.23. The zero-order valence-electron chi connectivity index (χ0n) is 12.5. The number of aryl methyl sites for hydroxylation is 1. The van der Waals surface area contributed by atoms with Crippen LogP contribution in [0.5, 0.6) is 0 Å². The summed E-state index contributed by atoms with van der Waals surface area (Å²) in [6.07, 6.45) is 3.19. The van der Waals surface area contributed by atoms with Gasteiger partial charge in [0.2, 0.25) is 5.91 Å². The SMILES string of the molecule is CCOCCC(=O)N1CCCc2cc(S(C)(=O)=O)ccc21. The molecule has 0 atom stereocenters. The van der Waals surface area contributed by atoms with Crippen molar-refractivity contribution in [2.75, 3.05) is 30.9 Å². The average Bonchev–Trinajstić information content (AvgIpc) is 2.45. The predicted molar refractivity (Wildman–Crippen MR) is 81.3 cm³/mol. The quantitative estimate of drug-likeness (QED) is 0.778. The second-order valence-corrected chi connectivity index (χ2v) is 7.17. The number of rotatable bonds is 5. The summed E-state index contributed by atoms with van der Waals surface area (Å²) < 4.78 is 28.4. The van der Waals surface area contributed by atoms with Crippen molar-refractivity contribution in [2.24, 2.45) is 0 Å². The van der Waals surface area contributed by atoms with E-state index in [1.54, 1.807) is 23.1 Å². The van der Waals surface area contributed by atoms with Gasteiger partial charge in [0.25, 0.3) is 0 Å². The molecule has 0 fully saturated rings. The minimum Gasteiger partial charge on any atom is -0.381 e. The number of ether oxygens (including phenoxy) is 1. The monoisotopic (exact) mass is 311 g/mol. The van der Waals surface area contributed by atoms with Crippen molar-refractivity contribution in [1.82, 2.24) is 0 Å². The van der Waals surface area contributed by atoms with Gasteiger partial charge >= 0.3 is 0 Å². The van der Waals surface area contributed by atoms with Crippen LogP contribution < -0.4 is 4.90 Å². The molecule has 0 aromatic heterocycles. The fourth-order valence-corrected chi connectivity index (χ4v) is 3.17. The highest BCUT2D eigenvalue weighted by atomic mass is 32.2. The first-order chi connectivity index (χ1) is 9.93. The average molecular weight is 311 g/mol. The van der Waals surface area contributed by atoms with E-state index >= 15 is 0 Å². The smallest absolute Gasteiger partial charge is 0.229 e. The zero-order chi connectivity index (χ0) is 15.5. The van der Waals surface area contributed by atoms with E-state index in [-0.39, 0.29) is 5.91 Å². The maximum Gasteiger partial charge on any atom is 0.229 e. The van der Waals surface area contributed by atoms with Crippen molar-refractivity contribution in [2.45, 2.75) is 31.1 Å². The second kappa shape index (κ2) is 6.58. The summed E-state index contributed by atoms with van der Waals surface area (Å²) >= 11 is 0. The molecule has 0 unspecified atom stereocenters. The third-order valence-electron chi connectivity index (χ3n) is 3.56. The van der Waals surface area contributed by atoms with Crippen LogP contribution in [0.2, 0.25) is 0 Å². The standard InChI is InChI=1S/C15H21NO4S/c1-3-20-10-8-15(17)16-9-4-5-12-11-13(21(2,18)19)6-7-14(12)16/h6-7,11H,3-5,8-10H2,1-2H3. The van der Waals surface area contributed by atoms with E-state index in [1.165, 1.54) is 6.26 Å². The van der Waals surface area contributed by atoms with Gasteiger partial charge in [-0.1, -0.05) is 0 Å². The molecule has 1 aliphatic rings. The summed E-state index contributed by atoms with van der Waals surface area (Å²) in [4.78, 5) is 14.3. The molecule has 0 saturated heterocycles. The maximum absolute atomic E-state index is 12.2. The van der Waals surface area contributed by atoms with Crippen LogP contribution in [0, 0.1) is 0 Å². The van der Waals surface area contributed by atoms with E-state index in [0.717, 1.165) is 24.1 Å². The lowest BCUT2D eigenvalue weighted by molar-refractivity contribution is -0.119. The molecule has 0 N–H and O–H groups in total. The van der Waals surface area contributed by atoms with Crippen LogP contribution in [-0.4, -0.2) is 40.3 Å². The van der Waals surface area contributed by atoms with Gasteiger partial charge in [-0.3, -0.25) is 4.79 Å². The summed E-state index contributed by atoms with van der Waals surface area (Å²) in [7, 11) is -3.22. The number of carbonyl (C=O) groups excluding carboxylic acids is 1. The number of anilines is 1. The van der Waals surface area contributed by atoms with E-state index in [2.05, 4.69) is 0 Å². The molecule has 6 heteroatoms. The molecule has 0 radical (unpaired) electrons. The molecule has 1 aromatic carbocycles. The van der Waals surface area contributed by atoms with Crippen molar-refractivity contribution < 1.29 is 17.9 Å². The predicted octanol–water partition coefficient (Wildman–Crippen LogP) is 1.80. The topological polar surface area (TPSA) is 63.7 Å². The van der Waals surface area contributed by atoms with Gasteiger partial charge in [-0.2, -0.15) is 0 Å². The van der Waals surface area contributed by atoms with Gasteiger partial charge in [0.05, 0.1) is 17.9 Å². The summed E-state index contributed by atoms with van der Waals surface area (Å²) in [5.74, 6) is 0.0245. The number of hydrogen-bond donors (Lipinski definition) is 0. The highest BCUT2D eigenvalue weighted by Crippen LogP contribution is 2.29. The van der Waals surface area contributed by atoms with Gasteiger partial charge in [0.1, 0.15) is 0 Å². The van der Waals surface area contributed by atoms with Crippen LogP contribution in [-0.2, 0) is 25.8 Å². The largest absolute Gasteiger partial charge is 0.381 e. The summed E-state index contributed by atoms with van der Waals surface area (Å²) in [6, 6.07) is 5.00.